The Bertz CT molecular complexity index is 566. The van der Waals surface area contributed by atoms with Crippen LogP contribution in [0.3, 0.4) is 0 Å². The topological polar surface area (TPSA) is 30.9 Å². The fraction of sp³-hybridized carbons (Fsp3) is 0.700. The lowest BCUT2D eigenvalue weighted by Crippen LogP contribution is -2.41. The van der Waals surface area contributed by atoms with Gasteiger partial charge < -0.3 is 14.0 Å². The Balaban J connectivity index is 1.54. The van der Waals surface area contributed by atoms with E-state index in [4.69, 9.17) is 14.0 Å². The number of nitrogens with zero attached hydrogens (tertiary/aromatic N) is 1. The Morgan fingerprint density at radius 3 is 2.40 bits per heavy atom. The summed E-state index contributed by atoms with van der Waals surface area (Å²) < 4.78 is 18.2. The van der Waals surface area contributed by atoms with E-state index in [1.165, 1.54) is 25.9 Å². The van der Waals surface area contributed by atoms with Gasteiger partial charge in [0.1, 0.15) is 12.4 Å². The van der Waals surface area contributed by atoms with Crippen LogP contribution in [-0.4, -0.2) is 49.5 Å². The average Bonchev–Trinajstić information content (AvgIpc) is 2.78. The quantitative estimate of drug-likeness (QED) is 0.768. The van der Waals surface area contributed by atoms with Gasteiger partial charge in [0.05, 0.1) is 11.2 Å². The minimum absolute atomic E-state index is 0.320. The zero-order valence-corrected chi connectivity index (χ0v) is 16.4. The van der Waals surface area contributed by atoms with Crippen molar-refractivity contribution in [2.24, 2.45) is 5.92 Å². The first kappa shape index (κ1) is 18.7. The van der Waals surface area contributed by atoms with E-state index in [1.54, 1.807) is 0 Å². The Kier molecular flexibility index (Phi) is 5.47. The van der Waals surface area contributed by atoms with Crippen LogP contribution in [0.1, 0.15) is 47.5 Å². The molecule has 1 aromatic rings. The van der Waals surface area contributed by atoms with Gasteiger partial charge in [-0.1, -0.05) is 19.1 Å². The van der Waals surface area contributed by atoms with Crippen molar-refractivity contribution in [2.45, 2.75) is 58.7 Å². The molecule has 138 valence electrons. The largest absolute Gasteiger partial charge is 0.494 e. The van der Waals surface area contributed by atoms with Crippen LogP contribution in [0.15, 0.2) is 24.3 Å². The average molecular weight is 345 g/mol. The van der Waals surface area contributed by atoms with Crippen LogP contribution in [0.25, 0.3) is 0 Å². The van der Waals surface area contributed by atoms with Crippen LogP contribution in [0, 0.1) is 5.92 Å². The summed E-state index contributed by atoms with van der Waals surface area (Å²) in [5.41, 5.74) is 0.378. The highest BCUT2D eigenvalue weighted by molar-refractivity contribution is 6.62. The highest BCUT2D eigenvalue weighted by Crippen LogP contribution is 2.36. The molecule has 0 aromatic heterocycles. The maximum Gasteiger partial charge on any atom is 0.494 e. The van der Waals surface area contributed by atoms with E-state index in [1.807, 2.05) is 24.3 Å². The van der Waals surface area contributed by atoms with Crippen LogP contribution in [0.5, 0.6) is 5.75 Å². The second kappa shape index (κ2) is 7.30. The minimum Gasteiger partial charge on any atom is -0.492 e. The van der Waals surface area contributed by atoms with E-state index in [2.05, 4.69) is 39.5 Å². The number of likely N-dealkylation sites (tertiary alicyclic amines) is 1. The van der Waals surface area contributed by atoms with Crippen molar-refractivity contribution in [3.05, 3.63) is 24.3 Å². The number of hydrogen-bond donors (Lipinski definition) is 0. The Morgan fingerprint density at radius 2 is 1.76 bits per heavy atom. The predicted molar refractivity (Wildman–Crippen MR) is 102 cm³/mol. The summed E-state index contributed by atoms with van der Waals surface area (Å²) in [6, 6.07) is 8.10. The van der Waals surface area contributed by atoms with Crippen molar-refractivity contribution in [1.29, 1.82) is 0 Å². The summed E-state index contributed by atoms with van der Waals surface area (Å²) in [5.74, 6) is 1.76. The normalized spacial score (nSPS) is 23.8. The van der Waals surface area contributed by atoms with E-state index in [0.29, 0.717) is 0 Å². The molecule has 4 nitrogen and oxygen atoms in total. The number of ether oxygens (including phenoxy) is 1. The molecule has 0 bridgehead atoms. The summed E-state index contributed by atoms with van der Waals surface area (Å²) in [6.07, 6.45) is 2.61. The van der Waals surface area contributed by atoms with Crippen molar-refractivity contribution in [3.63, 3.8) is 0 Å². The second-order valence-corrected chi connectivity index (χ2v) is 8.53. The minimum atomic E-state index is -0.336. The molecule has 0 radical (unpaired) electrons. The monoisotopic (exact) mass is 345 g/mol. The number of hydrogen-bond acceptors (Lipinski definition) is 4. The van der Waals surface area contributed by atoms with E-state index in [0.717, 1.165) is 30.3 Å². The van der Waals surface area contributed by atoms with E-state index >= 15 is 0 Å². The smallest absolute Gasteiger partial charge is 0.492 e. The molecule has 5 heteroatoms. The standard InChI is InChI=1S/C20H32BNO3/c1-16-9-11-22(12-10-16)13-14-23-18-8-6-7-17(15-18)21-24-19(2,3)20(4,5)25-21/h6-8,15-16H,9-14H2,1-5H3. The summed E-state index contributed by atoms with van der Waals surface area (Å²) >= 11 is 0. The van der Waals surface area contributed by atoms with Gasteiger partial charge in [0.15, 0.2) is 0 Å². The fourth-order valence-corrected chi connectivity index (χ4v) is 3.31. The molecular weight excluding hydrogens is 313 g/mol. The van der Waals surface area contributed by atoms with Crippen LogP contribution in [-0.2, 0) is 9.31 Å². The summed E-state index contributed by atoms with van der Waals surface area (Å²) in [4.78, 5) is 2.50. The molecule has 2 heterocycles. The van der Waals surface area contributed by atoms with Crippen molar-refractivity contribution >= 4 is 12.6 Å². The molecule has 3 rings (SSSR count). The van der Waals surface area contributed by atoms with Crippen LogP contribution in [0.4, 0.5) is 0 Å². The lowest BCUT2D eigenvalue weighted by molar-refractivity contribution is 0.00578. The summed E-state index contributed by atoms with van der Waals surface area (Å²) in [6.45, 7) is 14.7. The molecule has 0 amide bonds. The van der Waals surface area contributed by atoms with Crippen LogP contribution < -0.4 is 10.2 Å². The van der Waals surface area contributed by atoms with Gasteiger partial charge in [-0.25, -0.2) is 0 Å². The van der Waals surface area contributed by atoms with Gasteiger partial charge in [-0.15, -0.1) is 0 Å². The van der Waals surface area contributed by atoms with Crippen molar-refractivity contribution in [3.8, 4) is 5.75 Å². The van der Waals surface area contributed by atoms with Gasteiger partial charge in [-0.3, -0.25) is 4.90 Å². The zero-order valence-electron chi connectivity index (χ0n) is 16.4. The van der Waals surface area contributed by atoms with Gasteiger partial charge in [0.25, 0.3) is 0 Å². The molecule has 0 saturated carbocycles. The molecule has 0 spiro atoms. The lowest BCUT2D eigenvalue weighted by Gasteiger charge is -2.32. The third-order valence-corrected chi connectivity index (χ3v) is 5.94. The van der Waals surface area contributed by atoms with Crippen LogP contribution >= 0.6 is 0 Å². The first-order chi connectivity index (χ1) is 11.8. The molecule has 25 heavy (non-hydrogen) atoms. The van der Waals surface area contributed by atoms with Crippen molar-refractivity contribution < 1.29 is 14.0 Å². The molecule has 0 N–H and O–H groups in total. The third-order valence-electron chi connectivity index (χ3n) is 5.94. The molecular formula is C20H32BNO3. The van der Waals surface area contributed by atoms with Gasteiger partial charge in [0.2, 0.25) is 0 Å². The molecule has 2 saturated heterocycles. The number of piperidine rings is 1. The second-order valence-electron chi connectivity index (χ2n) is 8.53. The Hall–Kier alpha value is -1.04. The molecule has 1 aromatic carbocycles. The summed E-state index contributed by atoms with van der Waals surface area (Å²) in [7, 11) is -0.336. The molecule has 2 aliphatic rings. The lowest BCUT2D eigenvalue weighted by atomic mass is 9.79. The van der Waals surface area contributed by atoms with Gasteiger partial charge in [-0.05, 0) is 77.1 Å². The van der Waals surface area contributed by atoms with Gasteiger partial charge in [0, 0.05) is 6.54 Å². The Labute approximate surface area is 153 Å². The van der Waals surface area contributed by atoms with Crippen molar-refractivity contribution in [2.75, 3.05) is 26.2 Å². The van der Waals surface area contributed by atoms with E-state index in [9.17, 15) is 0 Å². The van der Waals surface area contributed by atoms with Crippen molar-refractivity contribution in [1.82, 2.24) is 4.90 Å². The number of rotatable bonds is 5. The Morgan fingerprint density at radius 1 is 1.12 bits per heavy atom. The molecule has 2 aliphatic heterocycles. The maximum atomic E-state index is 6.13. The summed E-state index contributed by atoms with van der Waals surface area (Å²) in [5, 5.41) is 0. The highest BCUT2D eigenvalue weighted by atomic mass is 16.7. The highest BCUT2D eigenvalue weighted by Gasteiger charge is 2.51. The zero-order chi connectivity index (χ0) is 18.1. The third kappa shape index (κ3) is 4.39. The SMILES string of the molecule is CC1CCN(CCOc2cccc(B3OC(C)(C)C(C)(C)O3)c2)CC1. The van der Waals surface area contributed by atoms with E-state index in [-0.39, 0.29) is 18.3 Å². The molecule has 0 aliphatic carbocycles. The van der Waals surface area contributed by atoms with Gasteiger partial charge in [-0.2, -0.15) is 0 Å². The van der Waals surface area contributed by atoms with Gasteiger partial charge >= 0.3 is 7.12 Å². The molecule has 0 unspecified atom stereocenters. The first-order valence-electron chi connectivity index (χ1n) is 9.58. The maximum absolute atomic E-state index is 6.13. The first-order valence-corrected chi connectivity index (χ1v) is 9.58. The molecule has 0 atom stereocenters. The predicted octanol–water partition coefficient (Wildman–Crippen LogP) is 3.10. The molecule has 2 fully saturated rings. The fourth-order valence-electron chi connectivity index (χ4n) is 3.31. The van der Waals surface area contributed by atoms with E-state index < -0.39 is 0 Å². The van der Waals surface area contributed by atoms with Crippen LogP contribution in [0.2, 0.25) is 0 Å². The number of benzene rings is 1.